The van der Waals surface area contributed by atoms with E-state index in [0.29, 0.717) is 11.4 Å². The molecule has 6 heteroatoms. The van der Waals surface area contributed by atoms with Crippen LogP contribution < -0.4 is 9.64 Å². The second-order valence-electron chi connectivity index (χ2n) is 3.54. The number of anilines is 2. The van der Waals surface area contributed by atoms with Crippen molar-refractivity contribution in [3.63, 3.8) is 0 Å². The first-order chi connectivity index (χ1) is 8.63. The van der Waals surface area contributed by atoms with Gasteiger partial charge in [-0.3, -0.25) is 0 Å². The van der Waals surface area contributed by atoms with E-state index in [1.165, 1.54) is 0 Å². The van der Waals surface area contributed by atoms with Crippen molar-refractivity contribution in [3.8, 4) is 5.75 Å². The number of benzene rings is 1. The van der Waals surface area contributed by atoms with Crippen LogP contribution in [0.15, 0.2) is 30.5 Å². The second kappa shape index (κ2) is 5.18. The Morgan fingerprint density at radius 1 is 1.33 bits per heavy atom. The maximum atomic E-state index is 13.7. The molecule has 94 valence electrons. The minimum atomic E-state index is -0.548. The quantitative estimate of drug-likeness (QED) is 0.801. The number of ether oxygens (including phenoxy) is 1. The van der Waals surface area contributed by atoms with Gasteiger partial charge in [-0.1, -0.05) is 12.1 Å². The Morgan fingerprint density at radius 2 is 2.06 bits per heavy atom. The molecule has 1 heterocycles. The Balaban J connectivity index is 2.47. The molecule has 0 saturated carbocycles. The molecule has 0 amide bonds. The highest BCUT2D eigenvalue weighted by atomic mass is 35.5. The molecule has 0 aliphatic heterocycles. The Bertz CT molecular complexity index is 565. The van der Waals surface area contributed by atoms with Crippen LogP contribution in [0.2, 0.25) is 5.28 Å². The van der Waals surface area contributed by atoms with Crippen LogP contribution in [0.3, 0.4) is 0 Å². The van der Waals surface area contributed by atoms with Crippen molar-refractivity contribution in [1.82, 2.24) is 9.97 Å². The molecule has 0 spiro atoms. The zero-order chi connectivity index (χ0) is 13.1. The molecule has 0 N–H and O–H groups in total. The van der Waals surface area contributed by atoms with Crippen LogP contribution in [-0.4, -0.2) is 24.1 Å². The Labute approximate surface area is 109 Å². The monoisotopic (exact) mass is 267 g/mol. The fourth-order valence-corrected chi connectivity index (χ4v) is 1.72. The maximum Gasteiger partial charge on any atom is 0.224 e. The summed E-state index contributed by atoms with van der Waals surface area (Å²) in [5, 5.41) is -0.00634. The molecule has 0 atom stereocenters. The van der Waals surface area contributed by atoms with Crippen LogP contribution in [0.5, 0.6) is 5.75 Å². The lowest BCUT2D eigenvalue weighted by atomic mass is 10.2. The summed E-state index contributed by atoms with van der Waals surface area (Å²) >= 11 is 5.68. The lowest BCUT2D eigenvalue weighted by Gasteiger charge is -2.20. The molecule has 0 saturated heterocycles. The number of methoxy groups -OCH3 is 1. The van der Waals surface area contributed by atoms with Crippen molar-refractivity contribution in [2.24, 2.45) is 0 Å². The van der Waals surface area contributed by atoms with Crippen molar-refractivity contribution in [2.45, 2.75) is 0 Å². The van der Waals surface area contributed by atoms with E-state index in [-0.39, 0.29) is 11.1 Å². The number of halogens is 2. The zero-order valence-electron chi connectivity index (χ0n) is 9.89. The highest BCUT2D eigenvalue weighted by Gasteiger charge is 2.15. The van der Waals surface area contributed by atoms with E-state index in [4.69, 9.17) is 16.3 Å². The highest BCUT2D eigenvalue weighted by molar-refractivity contribution is 6.28. The first-order valence-electron chi connectivity index (χ1n) is 5.18. The minimum absolute atomic E-state index is 0.00634. The normalized spacial score (nSPS) is 10.2. The molecule has 1 aromatic heterocycles. The van der Waals surface area contributed by atoms with Crippen molar-refractivity contribution in [1.29, 1.82) is 0 Å². The minimum Gasteiger partial charge on any atom is -0.495 e. The number of nitrogens with zero attached hydrogens (tertiary/aromatic N) is 3. The molecule has 0 aliphatic carbocycles. The first kappa shape index (κ1) is 12.6. The van der Waals surface area contributed by atoms with Gasteiger partial charge in [0, 0.05) is 7.05 Å². The van der Waals surface area contributed by atoms with Gasteiger partial charge in [-0.05, 0) is 23.7 Å². The number of hydrogen-bond acceptors (Lipinski definition) is 4. The molecule has 2 aromatic rings. The molecular formula is C12H11ClFN3O. The predicted octanol–water partition coefficient (Wildman–Crippen LogP) is 3.05. The summed E-state index contributed by atoms with van der Waals surface area (Å²) in [7, 11) is 3.23. The van der Waals surface area contributed by atoms with E-state index < -0.39 is 5.82 Å². The van der Waals surface area contributed by atoms with Gasteiger partial charge in [0.05, 0.1) is 19.0 Å². The number of hydrogen-bond donors (Lipinski definition) is 0. The highest BCUT2D eigenvalue weighted by Crippen LogP contribution is 2.32. The third-order valence-corrected chi connectivity index (χ3v) is 2.64. The van der Waals surface area contributed by atoms with Gasteiger partial charge in [0.1, 0.15) is 5.75 Å². The number of rotatable bonds is 3. The molecule has 0 radical (unpaired) electrons. The van der Waals surface area contributed by atoms with E-state index in [2.05, 4.69) is 9.97 Å². The Hall–Kier alpha value is -1.88. The van der Waals surface area contributed by atoms with Crippen LogP contribution in [0, 0.1) is 5.82 Å². The molecule has 4 nitrogen and oxygen atoms in total. The van der Waals surface area contributed by atoms with Crippen LogP contribution in [0.4, 0.5) is 15.9 Å². The third-order valence-electron chi connectivity index (χ3n) is 2.46. The van der Waals surface area contributed by atoms with E-state index in [1.807, 2.05) is 12.1 Å². The zero-order valence-corrected chi connectivity index (χ0v) is 10.6. The molecular weight excluding hydrogens is 257 g/mol. The van der Waals surface area contributed by atoms with Gasteiger partial charge in [0.15, 0.2) is 11.6 Å². The molecule has 0 unspecified atom stereocenters. The predicted molar refractivity (Wildman–Crippen MR) is 68.1 cm³/mol. The standard InChI is InChI=1S/C12H11ClFN3O/c1-17(9-5-3-4-6-10(9)18-2)11-8(14)7-15-12(13)16-11/h3-7H,1-2H3. The Morgan fingerprint density at radius 3 is 2.78 bits per heavy atom. The summed E-state index contributed by atoms with van der Waals surface area (Å²) in [6.45, 7) is 0. The molecule has 0 aliphatic rings. The van der Waals surface area contributed by atoms with Gasteiger partial charge in [-0.15, -0.1) is 0 Å². The van der Waals surface area contributed by atoms with Crippen molar-refractivity contribution < 1.29 is 9.13 Å². The van der Waals surface area contributed by atoms with Crippen LogP contribution >= 0.6 is 11.6 Å². The SMILES string of the molecule is COc1ccccc1N(C)c1nc(Cl)ncc1F. The number of para-hydroxylation sites is 2. The van der Waals surface area contributed by atoms with Crippen molar-refractivity contribution in [3.05, 3.63) is 41.6 Å². The van der Waals surface area contributed by atoms with Gasteiger partial charge in [0.25, 0.3) is 0 Å². The van der Waals surface area contributed by atoms with Crippen LogP contribution in [0.25, 0.3) is 0 Å². The van der Waals surface area contributed by atoms with Gasteiger partial charge >= 0.3 is 0 Å². The summed E-state index contributed by atoms with van der Waals surface area (Å²) < 4.78 is 18.9. The average molecular weight is 268 g/mol. The fourth-order valence-electron chi connectivity index (χ4n) is 1.59. The van der Waals surface area contributed by atoms with Crippen LogP contribution in [-0.2, 0) is 0 Å². The van der Waals surface area contributed by atoms with Crippen LogP contribution in [0.1, 0.15) is 0 Å². The summed E-state index contributed by atoms with van der Waals surface area (Å²) in [4.78, 5) is 9.01. The molecule has 0 fully saturated rings. The number of aromatic nitrogens is 2. The maximum absolute atomic E-state index is 13.7. The second-order valence-corrected chi connectivity index (χ2v) is 3.88. The van der Waals surface area contributed by atoms with Gasteiger partial charge in [-0.2, -0.15) is 4.98 Å². The van der Waals surface area contributed by atoms with Gasteiger partial charge in [-0.25, -0.2) is 9.37 Å². The Kier molecular flexibility index (Phi) is 3.62. The van der Waals surface area contributed by atoms with E-state index in [9.17, 15) is 4.39 Å². The van der Waals surface area contributed by atoms with E-state index in [0.717, 1.165) is 6.20 Å². The van der Waals surface area contributed by atoms with Crippen molar-refractivity contribution in [2.75, 3.05) is 19.1 Å². The average Bonchev–Trinajstić information content (AvgIpc) is 2.40. The fraction of sp³-hybridized carbons (Fsp3) is 0.167. The largest absolute Gasteiger partial charge is 0.495 e. The van der Waals surface area contributed by atoms with Crippen molar-refractivity contribution >= 4 is 23.1 Å². The summed E-state index contributed by atoms with van der Waals surface area (Å²) in [6, 6.07) is 7.25. The molecule has 1 aromatic carbocycles. The molecule has 2 rings (SSSR count). The van der Waals surface area contributed by atoms with E-state index in [1.54, 1.807) is 31.2 Å². The summed E-state index contributed by atoms with van der Waals surface area (Å²) in [6.07, 6.45) is 1.04. The van der Waals surface area contributed by atoms with Gasteiger partial charge < -0.3 is 9.64 Å². The third kappa shape index (κ3) is 2.36. The molecule has 18 heavy (non-hydrogen) atoms. The topological polar surface area (TPSA) is 38.2 Å². The summed E-state index contributed by atoms with van der Waals surface area (Å²) in [5.41, 5.74) is 0.689. The van der Waals surface area contributed by atoms with E-state index >= 15 is 0 Å². The smallest absolute Gasteiger partial charge is 0.224 e. The lowest BCUT2D eigenvalue weighted by molar-refractivity contribution is 0.415. The lowest BCUT2D eigenvalue weighted by Crippen LogP contribution is -2.14. The molecule has 0 bridgehead atoms. The summed E-state index contributed by atoms with van der Waals surface area (Å²) in [5.74, 6) is 0.168. The van der Waals surface area contributed by atoms with Gasteiger partial charge in [0.2, 0.25) is 5.28 Å². The first-order valence-corrected chi connectivity index (χ1v) is 5.56.